The highest BCUT2D eigenvalue weighted by molar-refractivity contribution is 5.94. The maximum absolute atomic E-state index is 12.6. The molecule has 1 spiro atoms. The molecule has 0 radical (unpaired) electrons. The molecule has 4 heterocycles. The number of amides is 1. The smallest absolute Gasteiger partial charge is 0.251 e. The molecule has 1 amide bonds. The lowest BCUT2D eigenvalue weighted by Gasteiger charge is -2.40. The van der Waals surface area contributed by atoms with Crippen molar-refractivity contribution in [1.82, 2.24) is 30.0 Å². The van der Waals surface area contributed by atoms with Crippen LogP contribution >= 0.6 is 0 Å². The van der Waals surface area contributed by atoms with Gasteiger partial charge < -0.3 is 15.0 Å². The van der Waals surface area contributed by atoms with E-state index in [9.17, 15) is 4.79 Å². The number of pyridine rings is 1. The summed E-state index contributed by atoms with van der Waals surface area (Å²) in [5.41, 5.74) is 0.579. The van der Waals surface area contributed by atoms with Crippen molar-refractivity contribution in [3.05, 3.63) is 36.5 Å². The average molecular weight is 384 g/mol. The summed E-state index contributed by atoms with van der Waals surface area (Å²) < 4.78 is 8.08. The van der Waals surface area contributed by atoms with Gasteiger partial charge in [0.1, 0.15) is 18.5 Å². The van der Waals surface area contributed by atoms with Gasteiger partial charge in [0, 0.05) is 37.4 Å². The van der Waals surface area contributed by atoms with Crippen molar-refractivity contribution < 1.29 is 9.53 Å². The molecule has 0 unspecified atom stereocenters. The molecule has 2 aliphatic heterocycles. The van der Waals surface area contributed by atoms with E-state index in [-0.39, 0.29) is 17.6 Å². The van der Waals surface area contributed by atoms with E-state index in [0.717, 1.165) is 38.8 Å². The lowest BCUT2D eigenvalue weighted by Crippen LogP contribution is -2.47. The Kier molecular flexibility index (Phi) is 5.41. The number of nitrogens with zero attached hydrogens (tertiary/aromatic N) is 5. The zero-order valence-electron chi connectivity index (χ0n) is 16.5. The van der Waals surface area contributed by atoms with Crippen LogP contribution in [0.3, 0.4) is 0 Å². The molecule has 0 aromatic carbocycles. The maximum Gasteiger partial charge on any atom is 0.251 e. The van der Waals surface area contributed by atoms with Gasteiger partial charge in [0.25, 0.3) is 5.91 Å². The number of nitrogens with one attached hydrogen (secondary N) is 1. The molecule has 4 rings (SSSR count). The Morgan fingerprint density at radius 2 is 2.04 bits per heavy atom. The molecule has 150 valence electrons. The fraction of sp³-hybridized carbons (Fsp3) is 0.600. The van der Waals surface area contributed by atoms with Crippen LogP contribution < -0.4 is 5.32 Å². The van der Waals surface area contributed by atoms with Gasteiger partial charge in [-0.15, -0.1) is 10.2 Å². The molecular formula is C20H28N6O2. The Balaban J connectivity index is 1.30. The predicted octanol–water partition coefficient (Wildman–Crippen LogP) is 1.81. The van der Waals surface area contributed by atoms with Crippen molar-refractivity contribution in [2.75, 3.05) is 19.6 Å². The first-order valence-electron chi connectivity index (χ1n) is 10.1. The number of hydrogen-bond acceptors (Lipinski definition) is 6. The van der Waals surface area contributed by atoms with Gasteiger partial charge in [-0.3, -0.25) is 9.36 Å². The van der Waals surface area contributed by atoms with Crippen LogP contribution in [0.15, 0.2) is 31.0 Å². The van der Waals surface area contributed by atoms with Crippen LogP contribution in [-0.2, 0) is 4.74 Å². The van der Waals surface area contributed by atoms with Crippen LogP contribution in [0.1, 0.15) is 49.9 Å². The summed E-state index contributed by atoms with van der Waals surface area (Å²) in [6.07, 6.45) is 9.09. The second-order valence-corrected chi connectivity index (χ2v) is 8.07. The SMILES string of the molecule is CC(C)N1CCC2(CC[C@H](CNC(=O)c3ccnc(-n4cnnc4)c3)O2)CC1. The standard InChI is InChI=1S/C20H28N6O2/c1-15(2)25-9-6-20(7-10-25)5-3-17(28-20)12-22-19(27)16-4-8-21-18(11-16)26-13-23-24-14-26/h4,8,11,13-15,17H,3,5-7,9-10,12H2,1-2H3,(H,22,27)/t17-/m1/s1. The monoisotopic (exact) mass is 384 g/mol. The van der Waals surface area contributed by atoms with E-state index in [0.29, 0.717) is 24.0 Å². The Hall–Kier alpha value is -2.32. The Morgan fingerprint density at radius 1 is 1.29 bits per heavy atom. The zero-order valence-corrected chi connectivity index (χ0v) is 16.5. The highest BCUT2D eigenvalue weighted by atomic mass is 16.5. The second-order valence-electron chi connectivity index (χ2n) is 8.07. The molecule has 2 saturated heterocycles. The van der Waals surface area contributed by atoms with Gasteiger partial charge in [0.2, 0.25) is 0 Å². The minimum atomic E-state index is -0.115. The number of carbonyl (C=O) groups excluding carboxylic acids is 1. The van der Waals surface area contributed by atoms with Crippen molar-refractivity contribution in [3.8, 4) is 5.82 Å². The molecule has 1 atom stereocenters. The van der Waals surface area contributed by atoms with Crippen molar-refractivity contribution in [2.24, 2.45) is 0 Å². The number of piperidine rings is 1. The van der Waals surface area contributed by atoms with Gasteiger partial charge in [0.05, 0.1) is 11.7 Å². The van der Waals surface area contributed by atoms with E-state index < -0.39 is 0 Å². The van der Waals surface area contributed by atoms with Crippen molar-refractivity contribution in [1.29, 1.82) is 0 Å². The van der Waals surface area contributed by atoms with Crippen LogP contribution in [0.25, 0.3) is 5.82 Å². The Labute approximate surface area is 165 Å². The van der Waals surface area contributed by atoms with E-state index in [1.54, 1.807) is 35.6 Å². The zero-order chi connectivity index (χ0) is 19.6. The Morgan fingerprint density at radius 3 is 2.75 bits per heavy atom. The topological polar surface area (TPSA) is 85.2 Å². The van der Waals surface area contributed by atoms with Crippen molar-refractivity contribution in [2.45, 2.75) is 57.3 Å². The third-order valence-corrected chi connectivity index (χ3v) is 5.96. The molecule has 1 N–H and O–H groups in total. The van der Waals surface area contributed by atoms with E-state index in [4.69, 9.17) is 4.74 Å². The number of ether oxygens (including phenoxy) is 1. The van der Waals surface area contributed by atoms with E-state index in [2.05, 4.69) is 39.2 Å². The highest BCUT2D eigenvalue weighted by Gasteiger charge is 2.42. The van der Waals surface area contributed by atoms with Gasteiger partial charge in [-0.1, -0.05) is 0 Å². The highest BCUT2D eigenvalue weighted by Crippen LogP contribution is 2.39. The van der Waals surface area contributed by atoms with Crippen LogP contribution in [0.4, 0.5) is 0 Å². The number of rotatable bonds is 5. The fourth-order valence-electron chi connectivity index (χ4n) is 4.18. The molecular weight excluding hydrogens is 356 g/mol. The second kappa shape index (κ2) is 7.97. The minimum absolute atomic E-state index is 0.0129. The molecule has 0 aliphatic carbocycles. The normalized spacial score (nSPS) is 22.0. The third kappa shape index (κ3) is 4.07. The molecule has 8 nitrogen and oxygen atoms in total. The van der Waals surface area contributed by atoms with Crippen molar-refractivity contribution >= 4 is 5.91 Å². The van der Waals surface area contributed by atoms with Gasteiger partial charge >= 0.3 is 0 Å². The molecule has 2 aromatic heterocycles. The molecule has 2 aliphatic rings. The fourth-order valence-corrected chi connectivity index (χ4v) is 4.18. The Bertz CT molecular complexity index is 799. The minimum Gasteiger partial charge on any atom is -0.370 e. The summed E-state index contributed by atoms with van der Waals surface area (Å²) in [5, 5.41) is 10.6. The summed E-state index contributed by atoms with van der Waals surface area (Å²) >= 11 is 0. The molecule has 28 heavy (non-hydrogen) atoms. The van der Waals surface area contributed by atoms with Crippen LogP contribution in [0.5, 0.6) is 0 Å². The predicted molar refractivity (Wildman–Crippen MR) is 104 cm³/mol. The van der Waals surface area contributed by atoms with Gasteiger partial charge in [0.15, 0.2) is 0 Å². The molecule has 0 saturated carbocycles. The lowest BCUT2D eigenvalue weighted by atomic mass is 9.88. The summed E-state index contributed by atoms with van der Waals surface area (Å²) in [7, 11) is 0. The number of hydrogen-bond donors (Lipinski definition) is 1. The molecule has 2 fully saturated rings. The summed E-state index contributed by atoms with van der Waals surface area (Å²) in [6.45, 7) is 7.23. The van der Waals surface area contributed by atoms with E-state index >= 15 is 0 Å². The summed E-state index contributed by atoms with van der Waals surface area (Å²) in [6, 6.07) is 4.04. The third-order valence-electron chi connectivity index (χ3n) is 5.96. The lowest BCUT2D eigenvalue weighted by molar-refractivity contribution is -0.0788. The number of carbonyl (C=O) groups is 1. The maximum atomic E-state index is 12.6. The van der Waals surface area contributed by atoms with Crippen LogP contribution in [-0.4, -0.2) is 67.9 Å². The largest absolute Gasteiger partial charge is 0.370 e. The van der Waals surface area contributed by atoms with Crippen LogP contribution in [0, 0.1) is 0 Å². The average Bonchev–Trinajstić information content (AvgIpc) is 3.37. The summed E-state index contributed by atoms with van der Waals surface area (Å²) in [5.74, 6) is 0.501. The quantitative estimate of drug-likeness (QED) is 0.846. The molecule has 8 heteroatoms. The van der Waals surface area contributed by atoms with Crippen molar-refractivity contribution in [3.63, 3.8) is 0 Å². The number of aromatic nitrogens is 4. The van der Waals surface area contributed by atoms with E-state index in [1.807, 2.05) is 0 Å². The van der Waals surface area contributed by atoms with Gasteiger partial charge in [-0.25, -0.2) is 4.98 Å². The van der Waals surface area contributed by atoms with Gasteiger partial charge in [-0.2, -0.15) is 0 Å². The van der Waals surface area contributed by atoms with E-state index in [1.165, 1.54) is 0 Å². The first-order chi connectivity index (χ1) is 13.5. The molecule has 2 aromatic rings. The number of likely N-dealkylation sites (tertiary alicyclic amines) is 1. The first kappa shape index (κ1) is 19.0. The van der Waals surface area contributed by atoms with Crippen LogP contribution in [0.2, 0.25) is 0 Å². The first-order valence-corrected chi connectivity index (χ1v) is 10.1. The van der Waals surface area contributed by atoms with Gasteiger partial charge in [-0.05, 0) is 51.7 Å². The molecule has 0 bridgehead atoms. The summed E-state index contributed by atoms with van der Waals surface area (Å²) in [4.78, 5) is 19.3.